The van der Waals surface area contributed by atoms with E-state index >= 15 is 0 Å². The lowest BCUT2D eigenvalue weighted by Gasteiger charge is -2.24. The standard InChI is InChI=1S/C10H16N2O/c13-9-5-2-1-4-8(9)10-11-6-3-7-12-10/h11-12H,1-7H2. The summed E-state index contributed by atoms with van der Waals surface area (Å²) < 4.78 is 0. The fraction of sp³-hybridized carbons (Fsp3) is 0.700. The highest BCUT2D eigenvalue weighted by Gasteiger charge is 2.20. The van der Waals surface area contributed by atoms with E-state index in [2.05, 4.69) is 10.6 Å². The lowest BCUT2D eigenvalue weighted by Crippen LogP contribution is -2.37. The zero-order valence-electron chi connectivity index (χ0n) is 7.86. The third-order valence-corrected chi connectivity index (χ3v) is 2.68. The summed E-state index contributed by atoms with van der Waals surface area (Å²) in [6, 6.07) is 0. The van der Waals surface area contributed by atoms with Gasteiger partial charge in [0.05, 0.1) is 0 Å². The van der Waals surface area contributed by atoms with Gasteiger partial charge in [-0.1, -0.05) is 0 Å². The van der Waals surface area contributed by atoms with Crippen LogP contribution in [0.1, 0.15) is 32.1 Å². The Hall–Kier alpha value is -0.990. The number of Topliss-reactive ketones (excluding diaryl/α,β-unsaturated/α-hetero) is 1. The molecular formula is C10H16N2O. The van der Waals surface area contributed by atoms with Crippen LogP contribution in [0.4, 0.5) is 0 Å². The number of ketones is 1. The van der Waals surface area contributed by atoms with Crippen LogP contribution in [0.3, 0.4) is 0 Å². The second-order valence-corrected chi connectivity index (χ2v) is 3.69. The molecule has 0 bridgehead atoms. The number of carbonyl (C=O) groups excluding carboxylic acids is 1. The second-order valence-electron chi connectivity index (χ2n) is 3.69. The van der Waals surface area contributed by atoms with Crippen molar-refractivity contribution in [1.82, 2.24) is 10.6 Å². The molecule has 3 nitrogen and oxygen atoms in total. The second kappa shape index (κ2) is 3.81. The summed E-state index contributed by atoms with van der Waals surface area (Å²) in [5.74, 6) is 1.35. The number of hydrogen-bond acceptors (Lipinski definition) is 3. The van der Waals surface area contributed by atoms with Gasteiger partial charge in [-0.3, -0.25) is 4.79 Å². The van der Waals surface area contributed by atoms with Crippen molar-refractivity contribution in [3.63, 3.8) is 0 Å². The molecule has 0 atom stereocenters. The van der Waals surface area contributed by atoms with Crippen molar-refractivity contribution in [2.45, 2.75) is 32.1 Å². The van der Waals surface area contributed by atoms with Crippen LogP contribution >= 0.6 is 0 Å². The molecule has 0 aromatic carbocycles. The summed E-state index contributed by atoms with van der Waals surface area (Å²) in [7, 11) is 0. The van der Waals surface area contributed by atoms with Crippen LogP contribution in [0, 0.1) is 0 Å². The van der Waals surface area contributed by atoms with E-state index < -0.39 is 0 Å². The van der Waals surface area contributed by atoms with Gasteiger partial charge in [-0.2, -0.15) is 0 Å². The van der Waals surface area contributed by atoms with Gasteiger partial charge in [-0.25, -0.2) is 0 Å². The van der Waals surface area contributed by atoms with Crippen molar-refractivity contribution < 1.29 is 4.79 Å². The Morgan fingerprint density at radius 3 is 2.31 bits per heavy atom. The first-order valence-corrected chi connectivity index (χ1v) is 5.12. The Bertz CT molecular complexity index is 237. The van der Waals surface area contributed by atoms with E-state index in [1.165, 1.54) is 0 Å². The molecule has 3 heteroatoms. The van der Waals surface area contributed by atoms with Crippen LogP contribution in [-0.2, 0) is 4.79 Å². The quantitative estimate of drug-likeness (QED) is 0.545. The van der Waals surface area contributed by atoms with Gasteiger partial charge in [0, 0.05) is 25.1 Å². The predicted octanol–water partition coefficient (Wildman–Crippen LogP) is 0.924. The van der Waals surface area contributed by atoms with Crippen molar-refractivity contribution in [2.24, 2.45) is 0 Å². The zero-order valence-corrected chi connectivity index (χ0v) is 7.86. The Morgan fingerprint density at radius 2 is 1.62 bits per heavy atom. The Labute approximate surface area is 78.6 Å². The third kappa shape index (κ3) is 1.85. The Balaban J connectivity index is 2.13. The maximum atomic E-state index is 11.6. The maximum absolute atomic E-state index is 11.6. The highest BCUT2D eigenvalue weighted by molar-refractivity contribution is 5.96. The Morgan fingerprint density at radius 1 is 0.923 bits per heavy atom. The van der Waals surface area contributed by atoms with Crippen LogP contribution in [0.25, 0.3) is 0 Å². The molecule has 2 fully saturated rings. The summed E-state index contributed by atoms with van der Waals surface area (Å²) in [5.41, 5.74) is 1.01. The number of rotatable bonds is 0. The lowest BCUT2D eigenvalue weighted by atomic mass is 9.93. The van der Waals surface area contributed by atoms with E-state index in [9.17, 15) is 4.79 Å². The molecule has 0 radical (unpaired) electrons. The lowest BCUT2D eigenvalue weighted by molar-refractivity contribution is -0.116. The summed E-state index contributed by atoms with van der Waals surface area (Å²) in [5, 5.41) is 6.53. The highest BCUT2D eigenvalue weighted by atomic mass is 16.1. The van der Waals surface area contributed by atoms with Crippen LogP contribution in [-0.4, -0.2) is 18.9 Å². The molecule has 2 aliphatic rings. The maximum Gasteiger partial charge on any atom is 0.162 e. The van der Waals surface area contributed by atoms with Crippen molar-refractivity contribution >= 4 is 5.78 Å². The molecule has 72 valence electrons. The van der Waals surface area contributed by atoms with E-state index in [4.69, 9.17) is 0 Å². The molecule has 0 aromatic rings. The highest BCUT2D eigenvalue weighted by Crippen LogP contribution is 2.21. The van der Waals surface area contributed by atoms with E-state index in [0.717, 1.165) is 56.6 Å². The van der Waals surface area contributed by atoms with Crippen molar-refractivity contribution in [2.75, 3.05) is 13.1 Å². The topological polar surface area (TPSA) is 41.1 Å². The molecule has 0 spiro atoms. The van der Waals surface area contributed by atoms with Gasteiger partial charge in [0.25, 0.3) is 0 Å². The largest absolute Gasteiger partial charge is 0.372 e. The molecule has 2 rings (SSSR count). The van der Waals surface area contributed by atoms with Gasteiger partial charge in [0.1, 0.15) is 5.82 Å². The SMILES string of the molecule is O=C1CCCCC1=C1NCCCN1. The number of allylic oxidation sites excluding steroid dienone is 1. The number of nitrogens with one attached hydrogen (secondary N) is 2. The minimum atomic E-state index is 0.336. The van der Waals surface area contributed by atoms with Gasteiger partial charge >= 0.3 is 0 Å². The fourth-order valence-corrected chi connectivity index (χ4v) is 1.93. The molecule has 0 unspecified atom stereocenters. The first kappa shape index (κ1) is 8.60. The average Bonchev–Trinajstić information content (AvgIpc) is 2.20. The zero-order chi connectivity index (χ0) is 9.10. The molecule has 1 saturated carbocycles. The molecule has 0 aromatic heterocycles. The summed E-state index contributed by atoms with van der Waals surface area (Å²) in [4.78, 5) is 11.6. The van der Waals surface area contributed by atoms with Crippen molar-refractivity contribution in [1.29, 1.82) is 0 Å². The minimum absolute atomic E-state index is 0.336. The molecule has 1 saturated heterocycles. The van der Waals surface area contributed by atoms with Crippen molar-refractivity contribution in [3.05, 3.63) is 11.4 Å². The molecule has 1 aliphatic carbocycles. The number of carbonyl (C=O) groups is 1. The predicted molar refractivity (Wildman–Crippen MR) is 51.1 cm³/mol. The summed E-state index contributed by atoms with van der Waals surface area (Å²) in [6.45, 7) is 2.00. The van der Waals surface area contributed by atoms with Crippen molar-refractivity contribution in [3.8, 4) is 0 Å². The number of hydrogen-bond donors (Lipinski definition) is 2. The van der Waals surface area contributed by atoms with Crippen LogP contribution in [0.2, 0.25) is 0 Å². The average molecular weight is 180 g/mol. The first-order valence-electron chi connectivity index (χ1n) is 5.12. The van der Waals surface area contributed by atoms with Gasteiger partial charge in [-0.05, 0) is 25.7 Å². The summed E-state index contributed by atoms with van der Waals surface area (Å²) >= 11 is 0. The van der Waals surface area contributed by atoms with Crippen LogP contribution in [0.5, 0.6) is 0 Å². The molecule has 13 heavy (non-hydrogen) atoms. The van der Waals surface area contributed by atoms with E-state index in [1.807, 2.05) is 0 Å². The van der Waals surface area contributed by atoms with E-state index in [1.54, 1.807) is 0 Å². The van der Waals surface area contributed by atoms with Gasteiger partial charge < -0.3 is 10.6 Å². The monoisotopic (exact) mass is 180 g/mol. The third-order valence-electron chi connectivity index (χ3n) is 2.68. The molecule has 1 aliphatic heterocycles. The van der Waals surface area contributed by atoms with Crippen LogP contribution < -0.4 is 10.6 Å². The fourth-order valence-electron chi connectivity index (χ4n) is 1.93. The molecule has 1 heterocycles. The molecule has 0 amide bonds. The first-order chi connectivity index (χ1) is 6.38. The Kier molecular flexibility index (Phi) is 2.52. The summed E-state index contributed by atoms with van der Waals surface area (Å²) in [6.07, 6.45) is 5.06. The van der Waals surface area contributed by atoms with Gasteiger partial charge in [0.15, 0.2) is 5.78 Å². The normalized spacial score (nSPS) is 23.8. The van der Waals surface area contributed by atoms with E-state index in [0.29, 0.717) is 5.78 Å². The van der Waals surface area contributed by atoms with Gasteiger partial charge in [0.2, 0.25) is 0 Å². The molecule has 2 N–H and O–H groups in total. The smallest absolute Gasteiger partial charge is 0.162 e. The van der Waals surface area contributed by atoms with Gasteiger partial charge in [-0.15, -0.1) is 0 Å². The minimum Gasteiger partial charge on any atom is -0.372 e. The van der Waals surface area contributed by atoms with E-state index in [-0.39, 0.29) is 0 Å². The van der Waals surface area contributed by atoms with Crippen LogP contribution in [0.15, 0.2) is 11.4 Å². The molecular weight excluding hydrogens is 164 g/mol.